The Kier molecular flexibility index (Phi) is 5.64. The van der Waals surface area contributed by atoms with Crippen molar-refractivity contribution in [2.75, 3.05) is 44.2 Å². The summed E-state index contributed by atoms with van der Waals surface area (Å²) in [7, 11) is 0. The molecule has 1 aromatic carbocycles. The van der Waals surface area contributed by atoms with E-state index in [2.05, 4.69) is 9.80 Å². The molecule has 3 fully saturated rings. The van der Waals surface area contributed by atoms with Gasteiger partial charge in [0, 0.05) is 51.2 Å². The number of amides is 1. The SMILES string of the molecule is O=C(C1CCCC1)N1CC[C@@H](N2CCN(c3ccccc3F)CC2)[C@H](O)C1. The van der Waals surface area contributed by atoms with Crippen molar-refractivity contribution in [3.05, 3.63) is 30.1 Å². The van der Waals surface area contributed by atoms with Crippen molar-refractivity contribution in [2.24, 2.45) is 5.92 Å². The standard InChI is InChI=1S/C21H30FN3O2/c22-17-7-3-4-8-18(17)23-11-13-24(14-12-23)19-9-10-25(15-20(19)26)21(27)16-5-1-2-6-16/h3-4,7-8,16,19-20,26H,1-2,5-6,9-15H2/t19-,20-/m1/s1. The molecule has 5 nitrogen and oxygen atoms in total. The predicted molar refractivity (Wildman–Crippen MR) is 103 cm³/mol. The quantitative estimate of drug-likeness (QED) is 0.879. The van der Waals surface area contributed by atoms with Gasteiger partial charge in [-0.3, -0.25) is 9.69 Å². The van der Waals surface area contributed by atoms with Crippen molar-refractivity contribution in [3.63, 3.8) is 0 Å². The molecule has 0 bridgehead atoms. The highest BCUT2D eigenvalue weighted by molar-refractivity contribution is 5.79. The molecule has 2 saturated heterocycles. The molecule has 1 N–H and O–H groups in total. The van der Waals surface area contributed by atoms with Gasteiger partial charge in [0.1, 0.15) is 5.82 Å². The zero-order valence-corrected chi connectivity index (χ0v) is 15.9. The number of carbonyl (C=O) groups excluding carboxylic acids is 1. The van der Waals surface area contributed by atoms with Crippen LogP contribution < -0.4 is 4.90 Å². The van der Waals surface area contributed by atoms with Crippen LogP contribution in [0.5, 0.6) is 0 Å². The predicted octanol–water partition coefficient (Wildman–Crippen LogP) is 2.10. The largest absolute Gasteiger partial charge is 0.390 e. The number of β-amino-alcohol motifs (C(OH)–C–C–N with tert-alkyl or cyclic N) is 1. The third-order valence-corrected chi connectivity index (χ3v) is 6.54. The van der Waals surface area contributed by atoms with Gasteiger partial charge in [-0.15, -0.1) is 0 Å². The monoisotopic (exact) mass is 375 g/mol. The Balaban J connectivity index is 1.30. The first-order valence-electron chi connectivity index (χ1n) is 10.3. The number of aliphatic hydroxyl groups excluding tert-OH is 1. The van der Waals surface area contributed by atoms with Crippen LogP contribution in [0.2, 0.25) is 0 Å². The second kappa shape index (κ2) is 8.15. The van der Waals surface area contributed by atoms with Crippen molar-refractivity contribution < 1.29 is 14.3 Å². The third-order valence-electron chi connectivity index (χ3n) is 6.54. The highest BCUT2D eigenvalue weighted by Gasteiger charge is 2.37. The van der Waals surface area contributed by atoms with E-state index in [-0.39, 0.29) is 23.7 Å². The lowest BCUT2D eigenvalue weighted by Crippen LogP contribution is -2.60. The van der Waals surface area contributed by atoms with Gasteiger partial charge in [0.15, 0.2) is 0 Å². The first-order valence-corrected chi connectivity index (χ1v) is 10.3. The number of para-hydroxylation sites is 1. The van der Waals surface area contributed by atoms with Crippen molar-refractivity contribution in [3.8, 4) is 0 Å². The van der Waals surface area contributed by atoms with Crippen LogP contribution in [-0.4, -0.2) is 72.2 Å². The number of halogens is 1. The molecule has 3 aliphatic rings. The molecule has 0 spiro atoms. The van der Waals surface area contributed by atoms with Crippen LogP contribution in [0.4, 0.5) is 10.1 Å². The molecule has 2 aliphatic heterocycles. The number of carbonyl (C=O) groups is 1. The molecule has 0 unspecified atom stereocenters. The van der Waals surface area contributed by atoms with Gasteiger partial charge in [-0.05, 0) is 31.4 Å². The first-order chi connectivity index (χ1) is 13.1. The molecular weight excluding hydrogens is 345 g/mol. The van der Waals surface area contributed by atoms with E-state index in [9.17, 15) is 14.3 Å². The highest BCUT2D eigenvalue weighted by atomic mass is 19.1. The number of piperazine rings is 1. The molecule has 27 heavy (non-hydrogen) atoms. The summed E-state index contributed by atoms with van der Waals surface area (Å²) in [6.45, 7) is 4.33. The zero-order valence-electron chi connectivity index (χ0n) is 15.9. The first kappa shape index (κ1) is 18.7. The summed E-state index contributed by atoms with van der Waals surface area (Å²) in [5.41, 5.74) is 0.662. The van der Waals surface area contributed by atoms with Crippen molar-refractivity contribution >= 4 is 11.6 Å². The Hall–Kier alpha value is -1.66. The number of aliphatic hydroxyl groups is 1. The van der Waals surface area contributed by atoms with Crippen LogP contribution in [0.25, 0.3) is 0 Å². The summed E-state index contributed by atoms with van der Waals surface area (Å²) in [6, 6.07) is 7.01. The number of hydrogen-bond acceptors (Lipinski definition) is 4. The molecule has 148 valence electrons. The van der Waals surface area contributed by atoms with Crippen molar-refractivity contribution in [2.45, 2.75) is 44.2 Å². The van der Waals surface area contributed by atoms with Crippen LogP contribution in [0.15, 0.2) is 24.3 Å². The van der Waals surface area contributed by atoms with Crippen LogP contribution in [0.1, 0.15) is 32.1 Å². The maximum atomic E-state index is 14.0. The Labute approximate surface area is 160 Å². The van der Waals surface area contributed by atoms with Crippen LogP contribution in [0.3, 0.4) is 0 Å². The smallest absolute Gasteiger partial charge is 0.225 e. The number of hydrogen-bond donors (Lipinski definition) is 1. The maximum absolute atomic E-state index is 14.0. The van der Waals surface area contributed by atoms with Gasteiger partial charge in [0.05, 0.1) is 11.8 Å². The molecule has 6 heteroatoms. The molecule has 0 radical (unpaired) electrons. The third kappa shape index (κ3) is 3.97. The lowest BCUT2D eigenvalue weighted by atomic mass is 9.97. The minimum absolute atomic E-state index is 0.0976. The van der Waals surface area contributed by atoms with E-state index in [1.54, 1.807) is 6.07 Å². The number of anilines is 1. The highest BCUT2D eigenvalue weighted by Crippen LogP contribution is 2.29. The molecule has 1 amide bonds. The molecule has 2 atom stereocenters. The second-order valence-electron chi connectivity index (χ2n) is 8.16. The van der Waals surface area contributed by atoms with E-state index in [0.717, 1.165) is 64.8 Å². The van der Waals surface area contributed by atoms with E-state index in [0.29, 0.717) is 12.2 Å². The van der Waals surface area contributed by atoms with Gasteiger partial charge in [-0.25, -0.2) is 4.39 Å². The van der Waals surface area contributed by atoms with Gasteiger partial charge in [0.25, 0.3) is 0 Å². The topological polar surface area (TPSA) is 47.0 Å². The maximum Gasteiger partial charge on any atom is 0.225 e. The molecule has 0 aromatic heterocycles. The number of piperidine rings is 1. The Bertz CT molecular complexity index is 657. The fourth-order valence-electron chi connectivity index (χ4n) is 4.98. The molecule has 1 aromatic rings. The van der Waals surface area contributed by atoms with E-state index < -0.39 is 6.10 Å². The van der Waals surface area contributed by atoms with E-state index in [1.807, 2.05) is 17.0 Å². The van der Waals surface area contributed by atoms with E-state index in [1.165, 1.54) is 6.07 Å². The zero-order chi connectivity index (χ0) is 18.8. The summed E-state index contributed by atoms with van der Waals surface area (Å²) in [5, 5.41) is 10.7. The number of rotatable bonds is 3. The van der Waals surface area contributed by atoms with Gasteiger partial charge in [-0.2, -0.15) is 0 Å². The minimum Gasteiger partial charge on any atom is -0.390 e. The lowest BCUT2D eigenvalue weighted by molar-refractivity contribution is -0.140. The number of benzene rings is 1. The van der Waals surface area contributed by atoms with Gasteiger partial charge >= 0.3 is 0 Å². The molecular formula is C21H30FN3O2. The summed E-state index contributed by atoms with van der Waals surface area (Å²) in [4.78, 5) is 18.9. The van der Waals surface area contributed by atoms with E-state index in [4.69, 9.17) is 0 Å². The van der Waals surface area contributed by atoms with Crippen LogP contribution in [-0.2, 0) is 4.79 Å². The van der Waals surface area contributed by atoms with Crippen molar-refractivity contribution in [1.82, 2.24) is 9.80 Å². The second-order valence-corrected chi connectivity index (χ2v) is 8.16. The normalized spacial score (nSPS) is 27.9. The Morgan fingerprint density at radius 3 is 2.37 bits per heavy atom. The fourth-order valence-corrected chi connectivity index (χ4v) is 4.98. The Morgan fingerprint density at radius 2 is 1.70 bits per heavy atom. The average Bonchev–Trinajstić information content (AvgIpc) is 3.23. The molecule has 1 aliphatic carbocycles. The van der Waals surface area contributed by atoms with Crippen molar-refractivity contribution in [1.29, 1.82) is 0 Å². The summed E-state index contributed by atoms with van der Waals surface area (Å²) in [6.07, 6.45) is 4.65. The average molecular weight is 375 g/mol. The summed E-state index contributed by atoms with van der Waals surface area (Å²) < 4.78 is 14.0. The number of nitrogens with zero attached hydrogens (tertiary/aromatic N) is 3. The van der Waals surface area contributed by atoms with Gasteiger partial charge < -0.3 is 14.9 Å². The number of likely N-dealkylation sites (tertiary alicyclic amines) is 1. The van der Waals surface area contributed by atoms with Crippen LogP contribution in [0, 0.1) is 11.7 Å². The molecule has 4 rings (SSSR count). The summed E-state index contributed by atoms with van der Waals surface area (Å²) >= 11 is 0. The lowest BCUT2D eigenvalue weighted by Gasteiger charge is -2.45. The fraction of sp³-hybridized carbons (Fsp3) is 0.667. The Morgan fingerprint density at radius 1 is 1.00 bits per heavy atom. The molecule has 1 saturated carbocycles. The minimum atomic E-state index is -0.496. The summed E-state index contributed by atoms with van der Waals surface area (Å²) in [5.74, 6) is 0.247. The van der Waals surface area contributed by atoms with Crippen LogP contribution >= 0.6 is 0 Å². The van der Waals surface area contributed by atoms with Gasteiger partial charge in [0.2, 0.25) is 5.91 Å². The molecule has 2 heterocycles. The van der Waals surface area contributed by atoms with Gasteiger partial charge in [-0.1, -0.05) is 25.0 Å². The van der Waals surface area contributed by atoms with E-state index >= 15 is 0 Å².